The summed E-state index contributed by atoms with van der Waals surface area (Å²) < 4.78 is 3.12. The lowest BCUT2D eigenvalue weighted by Crippen LogP contribution is -2.26. The highest BCUT2D eigenvalue weighted by Gasteiger charge is 2.23. The molecule has 0 aromatic carbocycles. The standard InChI is InChI=1S/C14H21BrN4S/c1-4-6-16-13(12-9-20-10(3)18-12)14-11(15)8-17-19(14)7-5-2/h8-9,13,16H,4-7H2,1-3H3. The van der Waals surface area contributed by atoms with Crippen molar-refractivity contribution in [1.29, 1.82) is 0 Å². The smallest absolute Gasteiger partial charge is 0.0942 e. The second kappa shape index (κ2) is 7.33. The number of nitrogens with one attached hydrogen (secondary N) is 1. The third kappa shape index (κ3) is 3.48. The largest absolute Gasteiger partial charge is 0.304 e. The van der Waals surface area contributed by atoms with Crippen LogP contribution in [0.2, 0.25) is 0 Å². The van der Waals surface area contributed by atoms with Crippen molar-refractivity contribution < 1.29 is 0 Å². The van der Waals surface area contributed by atoms with E-state index in [0.717, 1.165) is 41.1 Å². The Morgan fingerprint density at radius 2 is 2.20 bits per heavy atom. The molecule has 1 unspecified atom stereocenters. The van der Waals surface area contributed by atoms with Gasteiger partial charge in [-0.15, -0.1) is 11.3 Å². The fourth-order valence-electron chi connectivity index (χ4n) is 2.19. The minimum Gasteiger partial charge on any atom is -0.304 e. The number of thiazole rings is 1. The van der Waals surface area contributed by atoms with Crippen LogP contribution in [-0.2, 0) is 6.54 Å². The normalized spacial score (nSPS) is 12.8. The Balaban J connectivity index is 2.37. The molecule has 6 heteroatoms. The molecule has 0 saturated heterocycles. The average molecular weight is 357 g/mol. The van der Waals surface area contributed by atoms with E-state index in [1.165, 1.54) is 5.69 Å². The van der Waals surface area contributed by atoms with E-state index in [1.54, 1.807) is 11.3 Å². The van der Waals surface area contributed by atoms with Crippen molar-refractivity contribution in [3.05, 3.63) is 32.4 Å². The highest BCUT2D eigenvalue weighted by molar-refractivity contribution is 9.10. The molecule has 2 heterocycles. The Bertz CT molecular complexity index is 549. The Kier molecular flexibility index (Phi) is 5.74. The van der Waals surface area contributed by atoms with Gasteiger partial charge in [-0.1, -0.05) is 13.8 Å². The minimum absolute atomic E-state index is 0.100. The predicted molar refractivity (Wildman–Crippen MR) is 87.2 cm³/mol. The van der Waals surface area contributed by atoms with Crippen LogP contribution in [0.15, 0.2) is 16.0 Å². The summed E-state index contributed by atoms with van der Waals surface area (Å²) in [6, 6.07) is 0.100. The highest BCUT2D eigenvalue weighted by atomic mass is 79.9. The van der Waals surface area contributed by atoms with Gasteiger partial charge < -0.3 is 5.32 Å². The van der Waals surface area contributed by atoms with Crippen LogP contribution < -0.4 is 5.32 Å². The summed E-state index contributed by atoms with van der Waals surface area (Å²) in [6.45, 7) is 8.28. The van der Waals surface area contributed by atoms with Gasteiger partial charge in [-0.05, 0) is 42.2 Å². The van der Waals surface area contributed by atoms with Crippen molar-refractivity contribution in [2.24, 2.45) is 0 Å². The van der Waals surface area contributed by atoms with E-state index < -0.39 is 0 Å². The first-order valence-electron chi connectivity index (χ1n) is 7.04. The van der Waals surface area contributed by atoms with Crippen LogP contribution in [-0.4, -0.2) is 21.3 Å². The number of hydrogen-bond donors (Lipinski definition) is 1. The van der Waals surface area contributed by atoms with Crippen LogP contribution in [0.3, 0.4) is 0 Å². The number of aromatic nitrogens is 3. The quantitative estimate of drug-likeness (QED) is 0.817. The van der Waals surface area contributed by atoms with E-state index in [2.05, 4.69) is 55.2 Å². The van der Waals surface area contributed by atoms with Gasteiger partial charge in [0.05, 0.1) is 33.1 Å². The summed E-state index contributed by atoms with van der Waals surface area (Å²) >= 11 is 5.33. The first-order valence-corrected chi connectivity index (χ1v) is 8.71. The molecule has 0 bridgehead atoms. The molecule has 2 rings (SSSR count). The van der Waals surface area contributed by atoms with E-state index in [-0.39, 0.29) is 6.04 Å². The first-order chi connectivity index (χ1) is 9.67. The van der Waals surface area contributed by atoms with Gasteiger partial charge in [0.15, 0.2) is 0 Å². The lowest BCUT2D eigenvalue weighted by molar-refractivity contribution is 0.505. The Hall–Kier alpha value is -0.720. The summed E-state index contributed by atoms with van der Waals surface area (Å²) in [5, 5.41) is 11.3. The molecule has 1 N–H and O–H groups in total. The fraction of sp³-hybridized carbons (Fsp3) is 0.571. The molecule has 2 aromatic rings. The van der Waals surface area contributed by atoms with Crippen molar-refractivity contribution in [1.82, 2.24) is 20.1 Å². The summed E-state index contributed by atoms with van der Waals surface area (Å²) in [6.07, 6.45) is 4.04. The molecular formula is C14H21BrN4S. The molecule has 0 amide bonds. The molecule has 0 aliphatic carbocycles. The summed E-state index contributed by atoms with van der Waals surface area (Å²) in [5.74, 6) is 0. The highest BCUT2D eigenvalue weighted by Crippen LogP contribution is 2.29. The molecule has 4 nitrogen and oxygen atoms in total. The van der Waals surface area contributed by atoms with Gasteiger partial charge >= 0.3 is 0 Å². The molecule has 0 radical (unpaired) electrons. The second-order valence-corrected chi connectivity index (χ2v) is 6.70. The van der Waals surface area contributed by atoms with Crippen LogP contribution in [0, 0.1) is 6.92 Å². The second-order valence-electron chi connectivity index (χ2n) is 4.78. The third-order valence-electron chi connectivity index (χ3n) is 3.07. The molecule has 0 aliphatic heterocycles. The molecule has 0 aliphatic rings. The number of hydrogen-bond acceptors (Lipinski definition) is 4. The zero-order valence-electron chi connectivity index (χ0n) is 12.2. The molecule has 0 spiro atoms. The Morgan fingerprint density at radius 3 is 2.80 bits per heavy atom. The van der Waals surface area contributed by atoms with Crippen molar-refractivity contribution in [2.45, 2.75) is 46.2 Å². The Morgan fingerprint density at radius 1 is 1.40 bits per heavy atom. The average Bonchev–Trinajstić information content (AvgIpc) is 3.00. The maximum absolute atomic E-state index is 4.66. The zero-order chi connectivity index (χ0) is 14.5. The number of aryl methyl sites for hydroxylation is 2. The van der Waals surface area contributed by atoms with Gasteiger partial charge in [0.1, 0.15) is 0 Å². The molecule has 0 saturated carbocycles. The van der Waals surface area contributed by atoms with Gasteiger partial charge in [-0.3, -0.25) is 4.68 Å². The summed E-state index contributed by atoms with van der Waals surface area (Å²) in [7, 11) is 0. The van der Waals surface area contributed by atoms with Gasteiger partial charge in [0, 0.05) is 11.9 Å². The van der Waals surface area contributed by atoms with Crippen LogP contribution in [0.1, 0.15) is 49.1 Å². The molecule has 1 atom stereocenters. The molecular weight excluding hydrogens is 336 g/mol. The van der Waals surface area contributed by atoms with Crippen molar-refractivity contribution in [3.8, 4) is 0 Å². The lowest BCUT2D eigenvalue weighted by Gasteiger charge is -2.19. The third-order valence-corrected chi connectivity index (χ3v) is 4.48. The first kappa shape index (κ1) is 15.7. The van der Waals surface area contributed by atoms with E-state index >= 15 is 0 Å². The van der Waals surface area contributed by atoms with Crippen LogP contribution in [0.25, 0.3) is 0 Å². The molecule has 0 fully saturated rings. The topological polar surface area (TPSA) is 42.7 Å². The molecule has 20 heavy (non-hydrogen) atoms. The number of nitrogens with zero attached hydrogens (tertiary/aromatic N) is 3. The molecule has 110 valence electrons. The van der Waals surface area contributed by atoms with Gasteiger partial charge in [-0.2, -0.15) is 5.10 Å². The SMILES string of the molecule is CCCNC(c1csc(C)n1)c1c(Br)cnn1CCC. The van der Waals surface area contributed by atoms with Crippen molar-refractivity contribution >= 4 is 27.3 Å². The maximum Gasteiger partial charge on any atom is 0.0942 e. The van der Waals surface area contributed by atoms with Crippen LogP contribution >= 0.6 is 27.3 Å². The van der Waals surface area contributed by atoms with Gasteiger partial charge in [0.25, 0.3) is 0 Å². The lowest BCUT2D eigenvalue weighted by atomic mass is 10.1. The monoisotopic (exact) mass is 356 g/mol. The van der Waals surface area contributed by atoms with E-state index in [0.29, 0.717) is 0 Å². The summed E-state index contributed by atoms with van der Waals surface area (Å²) in [5.41, 5.74) is 2.25. The van der Waals surface area contributed by atoms with Crippen LogP contribution in [0.5, 0.6) is 0 Å². The number of halogens is 1. The summed E-state index contributed by atoms with van der Waals surface area (Å²) in [4.78, 5) is 4.66. The number of rotatable bonds is 7. The van der Waals surface area contributed by atoms with Crippen molar-refractivity contribution in [2.75, 3.05) is 6.54 Å². The van der Waals surface area contributed by atoms with E-state index in [1.807, 2.05) is 13.1 Å². The maximum atomic E-state index is 4.66. The van der Waals surface area contributed by atoms with Gasteiger partial charge in [-0.25, -0.2) is 4.98 Å². The zero-order valence-corrected chi connectivity index (χ0v) is 14.6. The molecule has 2 aromatic heterocycles. The van der Waals surface area contributed by atoms with Crippen LogP contribution in [0.4, 0.5) is 0 Å². The fourth-order valence-corrected chi connectivity index (χ4v) is 3.36. The predicted octanol–water partition coefficient (Wildman–Crippen LogP) is 3.91. The van der Waals surface area contributed by atoms with E-state index in [4.69, 9.17) is 0 Å². The van der Waals surface area contributed by atoms with Crippen molar-refractivity contribution in [3.63, 3.8) is 0 Å². The van der Waals surface area contributed by atoms with Gasteiger partial charge in [0.2, 0.25) is 0 Å². The van der Waals surface area contributed by atoms with E-state index in [9.17, 15) is 0 Å². The minimum atomic E-state index is 0.100. The Labute approximate surface area is 132 Å².